The van der Waals surface area contributed by atoms with Crippen molar-refractivity contribution >= 4 is 40.0 Å². The van der Waals surface area contributed by atoms with Gasteiger partial charge in [0.1, 0.15) is 4.87 Å². The summed E-state index contributed by atoms with van der Waals surface area (Å²) in [6.07, 6.45) is 0.765. The lowest BCUT2D eigenvalue weighted by atomic mass is 10.0. The van der Waals surface area contributed by atoms with Crippen molar-refractivity contribution in [3.05, 3.63) is 45.8 Å². The summed E-state index contributed by atoms with van der Waals surface area (Å²) in [7, 11) is 1.29. The van der Waals surface area contributed by atoms with Gasteiger partial charge in [0.25, 0.3) is 0 Å². The number of nitrogen functional groups attached to an aromatic ring is 1. The number of hydrogen-bond donors (Lipinski definition) is 4. The van der Waals surface area contributed by atoms with Crippen molar-refractivity contribution in [2.75, 3.05) is 31.4 Å². The van der Waals surface area contributed by atoms with Gasteiger partial charge in [0.05, 0.1) is 40.1 Å². The van der Waals surface area contributed by atoms with Crippen LogP contribution >= 0.6 is 11.6 Å². The molecule has 0 saturated carbocycles. The van der Waals surface area contributed by atoms with E-state index in [2.05, 4.69) is 20.9 Å². The van der Waals surface area contributed by atoms with Crippen molar-refractivity contribution in [3.63, 3.8) is 0 Å². The minimum Gasteiger partial charge on any atom is -0.465 e. The molecule has 0 radical (unpaired) electrons. The third kappa shape index (κ3) is 3.62. The van der Waals surface area contributed by atoms with Crippen molar-refractivity contribution in [2.24, 2.45) is 0 Å². The molecule has 1 aromatic heterocycles. The summed E-state index contributed by atoms with van der Waals surface area (Å²) in [5.74, 6) is -0.122. The lowest BCUT2D eigenvalue weighted by molar-refractivity contribution is -0.553. The molecule has 1 saturated heterocycles. The molecule has 5 N–H and O–H groups in total. The average molecular weight is 416 g/mol. The van der Waals surface area contributed by atoms with E-state index in [1.54, 1.807) is 6.07 Å². The Morgan fingerprint density at radius 3 is 2.93 bits per heavy atom. The molecular formula is C19H20ClN6O3+. The van der Waals surface area contributed by atoms with Crippen molar-refractivity contribution in [1.82, 2.24) is 15.5 Å². The SMILES string of the molecule is COC(=O)c1cc(-c2ccc3[nH]nc(N[N+](=O)[C@@H]4CCNC4)c3c2)c(Cl)cc1N. The Morgan fingerprint density at radius 2 is 2.21 bits per heavy atom. The number of hydrazine groups is 1. The van der Waals surface area contributed by atoms with Crippen LogP contribution in [0.4, 0.5) is 11.5 Å². The summed E-state index contributed by atoms with van der Waals surface area (Å²) < 4.78 is 4.78. The number of carbonyl (C=O) groups is 1. The molecule has 29 heavy (non-hydrogen) atoms. The molecule has 0 spiro atoms. The Balaban J connectivity index is 1.72. The molecule has 0 amide bonds. The number of rotatable bonds is 5. The number of benzene rings is 2. The van der Waals surface area contributed by atoms with Crippen LogP contribution in [0.1, 0.15) is 16.8 Å². The minimum atomic E-state index is -0.542. The van der Waals surface area contributed by atoms with E-state index in [1.807, 2.05) is 18.2 Å². The topological polar surface area (TPSA) is 125 Å². The van der Waals surface area contributed by atoms with E-state index in [-0.39, 0.29) is 17.3 Å². The summed E-state index contributed by atoms with van der Waals surface area (Å²) in [5.41, 5.74) is 11.3. The van der Waals surface area contributed by atoms with Gasteiger partial charge in [-0.1, -0.05) is 23.1 Å². The van der Waals surface area contributed by atoms with E-state index in [9.17, 15) is 9.70 Å². The van der Waals surface area contributed by atoms with E-state index in [4.69, 9.17) is 22.1 Å². The number of esters is 1. The van der Waals surface area contributed by atoms with Crippen molar-refractivity contribution in [2.45, 2.75) is 12.5 Å². The van der Waals surface area contributed by atoms with Crippen LogP contribution in [-0.2, 0) is 4.74 Å². The van der Waals surface area contributed by atoms with Crippen LogP contribution in [0.2, 0.25) is 5.02 Å². The fourth-order valence-electron chi connectivity index (χ4n) is 3.40. The van der Waals surface area contributed by atoms with E-state index < -0.39 is 5.97 Å². The Hall–Kier alpha value is -3.17. The number of aromatic amines is 1. The van der Waals surface area contributed by atoms with E-state index in [0.29, 0.717) is 22.9 Å². The van der Waals surface area contributed by atoms with Gasteiger partial charge in [-0.15, -0.1) is 0 Å². The maximum absolute atomic E-state index is 12.4. The molecule has 4 rings (SSSR count). The maximum atomic E-state index is 12.4. The highest BCUT2D eigenvalue weighted by molar-refractivity contribution is 6.34. The minimum absolute atomic E-state index is 0.154. The number of methoxy groups -OCH3 is 1. The Kier molecular flexibility index (Phi) is 5.08. The van der Waals surface area contributed by atoms with Gasteiger partial charge in [-0.3, -0.25) is 5.10 Å². The van der Waals surface area contributed by atoms with Crippen molar-refractivity contribution in [1.29, 1.82) is 0 Å². The number of nitrogens with two attached hydrogens (primary N) is 1. The summed E-state index contributed by atoms with van der Waals surface area (Å²) in [4.78, 5) is 25.2. The van der Waals surface area contributed by atoms with E-state index >= 15 is 0 Å². The Labute approximate surface area is 171 Å². The average Bonchev–Trinajstić information content (AvgIpc) is 3.38. The van der Waals surface area contributed by atoms with Gasteiger partial charge in [0, 0.05) is 24.2 Å². The zero-order valence-electron chi connectivity index (χ0n) is 15.7. The second-order valence-corrected chi connectivity index (χ2v) is 7.23. The van der Waals surface area contributed by atoms with Crippen LogP contribution in [0.5, 0.6) is 0 Å². The summed E-state index contributed by atoms with van der Waals surface area (Å²) in [5, 5.41) is 11.4. The Morgan fingerprint density at radius 1 is 1.38 bits per heavy atom. The third-order valence-corrected chi connectivity index (χ3v) is 5.31. The highest BCUT2D eigenvalue weighted by Gasteiger charge is 2.30. The number of aromatic nitrogens is 2. The molecular weight excluding hydrogens is 396 g/mol. The number of halogens is 1. The van der Waals surface area contributed by atoms with Gasteiger partial charge in [-0.05, 0) is 29.8 Å². The number of ether oxygens (including phenoxy) is 1. The molecule has 2 heterocycles. The second kappa shape index (κ2) is 7.69. The molecule has 1 aliphatic heterocycles. The molecule has 150 valence electrons. The quantitative estimate of drug-likeness (QED) is 0.218. The van der Waals surface area contributed by atoms with Crippen molar-refractivity contribution in [3.8, 4) is 11.1 Å². The largest absolute Gasteiger partial charge is 0.465 e. The predicted molar refractivity (Wildman–Crippen MR) is 111 cm³/mol. The number of anilines is 2. The lowest BCUT2D eigenvalue weighted by Gasteiger charge is -2.10. The standard InChI is InChI=1S/C19H19ClN6O3/c1-29-19(27)13-7-12(15(20)8-16(13)21)10-2-3-17-14(6-10)18(24-23-17)25-26(28)11-4-5-22-9-11/h2-3,6-8,11,22H,4-5,9H2,1H3,(H3-,21,23,24,25,27,28)/p+1/t11-/m1/s1. The predicted octanol–water partition coefficient (Wildman–Crippen LogP) is 2.72. The van der Waals surface area contributed by atoms with Gasteiger partial charge < -0.3 is 15.8 Å². The molecule has 0 unspecified atom stereocenters. The number of H-pyrrole nitrogens is 1. The van der Waals surface area contributed by atoms with Crippen LogP contribution < -0.4 is 16.5 Å². The zero-order chi connectivity index (χ0) is 20.5. The second-order valence-electron chi connectivity index (χ2n) is 6.83. The molecule has 2 aromatic carbocycles. The van der Waals surface area contributed by atoms with Gasteiger partial charge >= 0.3 is 5.97 Å². The third-order valence-electron chi connectivity index (χ3n) is 5.00. The summed E-state index contributed by atoms with van der Waals surface area (Å²) in [6.45, 7) is 1.44. The molecule has 9 nitrogen and oxygen atoms in total. The number of nitroso groups, excluding NO2 is 1. The van der Waals surface area contributed by atoms with Gasteiger partial charge in [0.2, 0.25) is 11.9 Å². The molecule has 3 aromatic rings. The normalized spacial score (nSPS) is 16.1. The smallest absolute Gasteiger partial charge is 0.339 e. The van der Waals surface area contributed by atoms with Gasteiger partial charge in [-0.2, -0.15) is 5.10 Å². The van der Waals surface area contributed by atoms with Crippen LogP contribution in [0.25, 0.3) is 22.0 Å². The lowest BCUT2D eigenvalue weighted by Crippen LogP contribution is -2.31. The molecule has 0 bridgehead atoms. The molecule has 0 aliphatic carbocycles. The first-order valence-corrected chi connectivity index (χ1v) is 9.45. The zero-order valence-corrected chi connectivity index (χ0v) is 16.4. The van der Waals surface area contributed by atoms with E-state index in [1.165, 1.54) is 13.2 Å². The first kappa shape index (κ1) is 19.2. The van der Waals surface area contributed by atoms with Crippen LogP contribution in [0.15, 0.2) is 30.3 Å². The monoisotopic (exact) mass is 415 g/mol. The number of carbonyl (C=O) groups excluding carboxylic acids is 1. The molecule has 1 aliphatic rings. The van der Waals surface area contributed by atoms with Crippen LogP contribution in [0, 0.1) is 4.91 Å². The highest BCUT2D eigenvalue weighted by atomic mass is 35.5. The maximum Gasteiger partial charge on any atom is 0.339 e. The fourth-order valence-corrected chi connectivity index (χ4v) is 3.68. The summed E-state index contributed by atoms with van der Waals surface area (Å²) in [6, 6.07) is 8.49. The molecule has 10 heteroatoms. The highest BCUT2D eigenvalue weighted by Crippen LogP contribution is 2.35. The van der Waals surface area contributed by atoms with Crippen LogP contribution in [-0.4, -0.2) is 47.3 Å². The number of nitrogens with zero attached hydrogens (tertiary/aromatic N) is 2. The van der Waals surface area contributed by atoms with Crippen molar-refractivity contribution < 1.29 is 14.4 Å². The number of nitrogens with one attached hydrogen (secondary N) is 3. The summed E-state index contributed by atoms with van der Waals surface area (Å²) >= 11 is 6.38. The first-order valence-electron chi connectivity index (χ1n) is 9.07. The Bertz CT molecular complexity index is 1110. The number of fused-ring (bicyclic) bond motifs is 1. The molecule has 1 fully saturated rings. The number of hydrogen-bond acceptors (Lipinski definition) is 6. The van der Waals surface area contributed by atoms with E-state index in [0.717, 1.165) is 34.3 Å². The van der Waals surface area contributed by atoms with Gasteiger partial charge in [0.15, 0.2) is 0 Å². The van der Waals surface area contributed by atoms with Crippen LogP contribution in [0.3, 0.4) is 0 Å². The first-order chi connectivity index (χ1) is 14.0. The molecule has 1 atom stereocenters. The fraction of sp³-hybridized carbons (Fsp3) is 0.263. The van der Waals surface area contributed by atoms with Gasteiger partial charge in [-0.25, -0.2) is 4.79 Å².